The molecule has 0 saturated carbocycles. The molecule has 60 valence electrons. The lowest BCUT2D eigenvalue weighted by molar-refractivity contribution is 0.220. The lowest BCUT2D eigenvalue weighted by Gasteiger charge is -1.96. The van der Waals surface area contributed by atoms with Crippen molar-refractivity contribution in [3.8, 4) is 0 Å². The molecule has 0 aliphatic rings. The van der Waals surface area contributed by atoms with Crippen molar-refractivity contribution in [3.05, 3.63) is 28.5 Å². The van der Waals surface area contributed by atoms with Crippen LogP contribution in [0.15, 0.2) is 22.9 Å². The number of hydrogen-bond acceptors (Lipinski definition) is 2. The summed E-state index contributed by atoms with van der Waals surface area (Å²) >= 11 is 1.67. The molecule has 1 rings (SSSR count). The van der Waals surface area contributed by atoms with E-state index >= 15 is 0 Å². The molecule has 2 heteroatoms. The molecule has 1 aromatic heterocycles. The molecule has 1 aromatic rings. The van der Waals surface area contributed by atoms with Crippen LogP contribution in [0, 0.1) is 0 Å². The van der Waals surface area contributed by atoms with Crippen molar-refractivity contribution in [1.82, 2.24) is 0 Å². The Morgan fingerprint density at radius 2 is 2.55 bits per heavy atom. The summed E-state index contributed by atoms with van der Waals surface area (Å²) in [5, 5.41) is 13.3. The molecule has 1 nitrogen and oxygen atoms in total. The number of aliphatic hydroxyl groups excluding tert-OH is 1. The third-order valence-corrected chi connectivity index (χ3v) is 2.17. The predicted molar refractivity (Wildman–Crippen MR) is 49.7 cm³/mol. The van der Waals surface area contributed by atoms with E-state index in [1.54, 1.807) is 11.3 Å². The van der Waals surface area contributed by atoms with E-state index in [0.717, 1.165) is 6.42 Å². The van der Waals surface area contributed by atoms with Gasteiger partial charge in [-0.25, -0.2) is 0 Å². The lowest BCUT2D eigenvalue weighted by atomic mass is 10.2. The summed E-state index contributed by atoms with van der Waals surface area (Å²) in [5.74, 6) is 0. The second-order valence-electron chi connectivity index (χ2n) is 2.39. The van der Waals surface area contributed by atoms with Crippen LogP contribution in [0.25, 0.3) is 6.08 Å². The van der Waals surface area contributed by atoms with Crippen LogP contribution in [0.3, 0.4) is 0 Å². The minimum atomic E-state index is -0.296. The zero-order valence-electron chi connectivity index (χ0n) is 6.53. The summed E-state index contributed by atoms with van der Waals surface area (Å²) in [7, 11) is 0. The van der Waals surface area contributed by atoms with Gasteiger partial charge in [0.25, 0.3) is 0 Å². The Balaban J connectivity index is 2.48. The predicted octanol–water partition coefficient (Wildman–Crippen LogP) is 2.53. The molecule has 0 aliphatic carbocycles. The minimum Gasteiger partial charge on any atom is -0.389 e. The van der Waals surface area contributed by atoms with E-state index in [9.17, 15) is 5.11 Å². The molecule has 1 N–H and O–H groups in total. The minimum absolute atomic E-state index is 0.296. The zero-order chi connectivity index (χ0) is 8.10. The van der Waals surface area contributed by atoms with Gasteiger partial charge in [-0.3, -0.25) is 0 Å². The van der Waals surface area contributed by atoms with Crippen LogP contribution in [0.4, 0.5) is 0 Å². The van der Waals surface area contributed by atoms with Gasteiger partial charge < -0.3 is 5.11 Å². The lowest BCUT2D eigenvalue weighted by Crippen LogP contribution is -1.97. The summed E-state index contributed by atoms with van der Waals surface area (Å²) in [6.07, 6.45) is 4.25. The Morgan fingerprint density at radius 1 is 1.73 bits per heavy atom. The van der Waals surface area contributed by atoms with E-state index in [1.165, 1.54) is 5.56 Å². The van der Waals surface area contributed by atoms with Crippen LogP contribution in [0.5, 0.6) is 0 Å². The average molecular weight is 168 g/mol. The van der Waals surface area contributed by atoms with Crippen LogP contribution < -0.4 is 0 Å². The normalized spacial score (nSPS) is 14.0. The maximum absolute atomic E-state index is 9.17. The number of thiophene rings is 1. The first-order valence-corrected chi connectivity index (χ1v) is 4.65. The Hall–Kier alpha value is -0.600. The first kappa shape index (κ1) is 8.50. The van der Waals surface area contributed by atoms with Gasteiger partial charge in [0.05, 0.1) is 6.10 Å². The molecular weight excluding hydrogens is 156 g/mol. The van der Waals surface area contributed by atoms with Gasteiger partial charge in [-0.2, -0.15) is 11.3 Å². The Morgan fingerprint density at radius 3 is 3.09 bits per heavy atom. The molecule has 0 amide bonds. The molecule has 0 saturated heterocycles. The van der Waals surface area contributed by atoms with E-state index < -0.39 is 0 Å². The third kappa shape index (κ3) is 2.87. The molecule has 1 atom stereocenters. The second-order valence-corrected chi connectivity index (χ2v) is 3.17. The number of aliphatic hydroxyl groups is 1. The van der Waals surface area contributed by atoms with E-state index in [0.29, 0.717) is 0 Å². The highest BCUT2D eigenvalue weighted by molar-refractivity contribution is 7.08. The molecule has 1 unspecified atom stereocenters. The fraction of sp³-hybridized carbons (Fsp3) is 0.333. The third-order valence-electron chi connectivity index (χ3n) is 1.47. The van der Waals surface area contributed by atoms with E-state index in [1.807, 2.05) is 30.5 Å². The monoisotopic (exact) mass is 168 g/mol. The smallest absolute Gasteiger partial charge is 0.0721 e. The Labute approximate surface area is 71.0 Å². The maximum Gasteiger partial charge on any atom is 0.0721 e. The van der Waals surface area contributed by atoms with Crippen LogP contribution in [-0.2, 0) is 0 Å². The van der Waals surface area contributed by atoms with Gasteiger partial charge in [0.2, 0.25) is 0 Å². The highest BCUT2D eigenvalue weighted by Crippen LogP contribution is 2.08. The molecule has 0 aromatic carbocycles. The van der Waals surface area contributed by atoms with Crippen molar-refractivity contribution >= 4 is 17.4 Å². The van der Waals surface area contributed by atoms with Crippen molar-refractivity contribution < 1.29 is 5.11 Å². The SMILES string of the molecule is CCC(O)C=Cc1ccsc1. The van der Waals surface area contributed by atoms with Crippen LogP contribution in [0.1, 0.15) is 18.9 Å². The van der Waals surface area contributed by atoms with Gasteiger partial charge in [0.15, 0.2) is 0 Å². The van der Waals surface area contributed by atoms with Gasteiger partial charge in [0.1, 0.15) is 0 Å². The molecule has 0 bridgehead atoms. The van der Waals surface area contributed by atoms with Crippen molar-refractivity contribution in [2.24, 2.45) is 0 Å². The summed E-state index contributed by atoms with van der Waals surface area (Å²) in [4.78, 5) is 0. The topological polar surface area (TPSA) is 20.2 Å². The van der Waals surface area contributed by atoms with E-state index in [2.05, 4.69) is 5.38 Å². The van der Waals surface area contributed by atoms with Crippen molar-refractivity contribution in [1.29, 1.82) is 0 Å². The van der Waals surface area contributed by atoms with E-state index in [-0.39, 0.29) is 6.10 Å². The Bertz CT molecular complexity index is 213. The second kappa shape index (κ2) is 4.31. The van der Waals surface area contributed by atoms with Crippen molar-refractivity contribution in [2.75, 3.05) is 0 Å². The summed E-state index contributed by atoms with van der Waals surface area (Å²) < 4.78 is 0. The summed E-state index contributed by atoms with van der Waals surface area (Å²) in [6.45, 7) is 1.96. The van der Waals surface area contributed by atoms with Crippen molar-refractivity contribution in [3.63, 3.8) is 0 Å². The van der Waals surface area contributed by atoms with Crippen LogP contribution >= 0.6 is 11.3 Å². The molecule has 0 fully saturated rings. The highest BCUT2D eigenvalue weighted by atomic mass is 32.1. The molecule has 0 radical (unpaired) electrons. The van der Waals surface area contributed by atoms with Crippen LogP contribution in [0.2, 0.25) is 0 Å². The highest BCUT2D eigenvalue weighted by Gasteiger charge is 1.92. The standard InChI is InChI=1S/C9H12OS/c1-2-9(10)4-3-8-5-6-11-7-8/h3-7,9-10H,2H2,1H3. The van der Waals surface area contributed by atoms with Crippen molar-refractivity contribution in [2.45, 2.75) is 19.4 Å². The molecule has 11 heavy (non-hydrogen) atoms. The fourth-order valence-corrected chi connectivity index (χ4v) is 1.36. The van der Waals surface area contributed by atoms with Crippen LogP contribution in [-0.4, -0.2) is 11.2 Å². The summed E-state index contributed by atoms with van der Waals surface area (Å²) in [5.41, 5.74) is 1.17. The average Bonchev–Trinajstić information content (AvgIpc) is 2.52. The Kier molecular flexibility index (Phi) is 3.33. The van der Waals surface area contributed by atoms with Gasteiger partial charge >= 0.3 is 0 Å². The number of hydrogen-bond donors (Lipinski definition) is 1. The zero-order valence-corrected chi connectivity index (χ0v) is 7.34. The van der Waals surface area contributed by atoms with Gasteiger partial charge in [-0.1, -0.05) is 19.1 Å². The van der Waals surface area contributed by atoms with Gasteiger partial charge in [-0.05, 0) is 28.8 Å². The largest absolute Gasteiger partial charge is 0.389 e. The van der Waals surface area contributed by atoms with Gasteiger partial charge in [-0.15, -0.1) is 0 Å². The molecular formula is C9H12OS. The number of rotatable bonds is 3. The molecule has 0 aliphatic heterocycles. The fourth-order valence-electron chi connectivity index (χ4n) is 0.728. The van der Waals surface area contributed by atoms with E-state index in [4.69, 9.17) is 0 Å². The molecule has 0 spiro atoms. The first-order chi connectivity index (χ1) is 5.33. The maximum atomic E-state index is 9.17. The molecule has 1 heterocycles. The summed E-state index contributed by atoms with van der Waals surface area (Å²) in [6, 6.07) is 2.03. The first-order valence-electron chi connectivity index (χ1n) is 3.71. The quantitative estimate of drug-likeness (QED) is 0.735. The van der Waals surface area contributed by atoms with Gasteiger partial charge in [0, 0.05) is 0 Å².